The fourth-order valence-corrected chi connectivity index (χ4v) is 4.15. The third-order valence-electron chi connectivity index (χ3n) is 5.86. The minimum Gasteiger partial charge on any atom is -0.396 e. The van der Waals surface area contributed by atoms with E-state index in [1.54, 1.807) is 0 Å². The van der Waals surface area contributed by atoms with E-state index in [1.807, 2.05) is 18.3 Å². The molecule has 0 unspecified atom stereocenters. The molecule has 2 aromatic carbocycles. The van der Waals surface area contributed by atoms with Gasteiger partial charge in [0, 0.05) is 35.9 Å². The molecule has 1 aromatic heterocycles. The van der Waals surface area contributed by atoms with Crippen LogP contribution in [0.2, 0.25) is 0 Å². The number of piperidine rings is 1. The number of aromatic nitrogens is 1. The molecule has 2 heterocycles. The van der Waals surface area contributed by atoms with Gasteiger partial charge in [-0.25, -0.2) is 0 Å². The highest BCUT2D eigenvalue weighted by atomic mass is 16.3. The first-order chi connectivity index (χ1) is 14.1. The van der Waals surface area contributed by atoms with Crippen molar-refractivity contribution in [2.24, 2.45) is 5.92 Å². The lowest BCUT2D eigenvalue weighted by Crippen LogP contribution is -2.34. The average molecular weight is 392 g/mol. The number of benzene rings is 2. The zero-order valence-electron chi connectivity index (χ0n) is 16.9. The van der Waals surface area contributed by atoms with Crippen molar-refractivity contribution in [2.45, 2.75) is 32.7 Å². The maximum atomic E-state index is 12.6. The van der Waals surface area contributed by atoms with Gasteiger partial charge in [-0.1, -0.05) is 23.8 Å². The fourth-order valence-electron chi connectivity index (χ4n) is 4.15. The second-order valence-corrected chi connectivity index (χ2v) is 8.19. The second kappa shape index (κ2) is 8.80. The third kappa shape index (κ3) is 4.86. The topological polar surface area (TPSA) is 68.4 Å². The minimum absolute atomic E-state index is 0.00619. The van der Waals surface area contributed by atoms with Gasteiger partial charge in [0.2, 0.25) is 5.91 Å². The van der Waals surface area contributed by atoms with E-state index in [0.717, 1.165) is 54.6 Å². The van der Waals surface area contributed by atoms with Gasteiger partial charge in [-0.05, 0) is 74.2 Å². The number of hydrogen-bond acceptors (Lipinski definition) is 3. The molecule has 1 saturated heterocycles. The monoisotopic (exact) mass is 391 g/mol. The molecule has 3 aromatic rings. The summed E-state index contributed by atoms with van der Waals surface area (Å²) in [4.78, 5) is 18.3. The quantitative estimate of drug-likeness (QED) is 0.598. The van der Waals surface area contributed by atoms with Gasteiger partial charge < -0.3 is 15.4 Å². The Morgan fingerprint density at radius 2 is 2.03 bits per heavy atom. The minimum atomic E-state index is -0.00619. The number of aryl methyl sites for hydroxylation is 1. The molecular weight excluding hydrogens is 362 g/mol. The van der Waals surface area contributed by atoms with Gasteiger partial charge in [0.1, 0.15) is 0 Å². The van der Waals surface area contributed by atoms with E-state index >= 15 is 0 Å². The Bertz CT molecular complexity index is 987. The van der Waals surface area contributed by atoms with Crippen molar-refractivity contribution in [1.29, 1.82) is 0 Å². The van der Waals surface area contributed by atoms with E-state index in [9.17, 15) is 9.90 Å². The summed E-state index contributed by atoms with van der Waals surface area (Å²) in [5.41, 5.74) is 5.31. The van der Waals surface area contributed by atoms with Crippen molar-refractivity contribution < 1.29 is 9.90 Å². The van der Waals surface area contributed by atoms with Crippen LogP contribution in [0, 0.1) is 12.8 Å². The van der Waals surface area contributed by atoms with Crippen molar-refractivity contribution in [3.8, 4) is 0 Å². The Kier molecular flexibility index (Phi) is 5.97. The second-order valence-electron chi connectivity index (χ2n) is 8.19. The molecule has 1 aliphatic rings. The van der Waals surface area contributed by atoms with Crippen LogP contribution in [0.15, 0.2) is 48.7 Å². The normalized spacial score (nSPS) is 15.7. The van der Waals surface area contributed by atoms with Gasteiger partial charge in [-0.2, -0.15) is 0 Å². The predicted molar refractivity (Wildman–Crippen MR) is 117 cm³/mol. The molecule has 1 fully saturated rings. The summed E-state index contributed by atoms with van der Waals surface area (Å²) in [6.07, 6.45) is 4.38. The number of likely N-dealkylation sites (tertiary alicyclic amines) is 1. The van der Waals surface area contributed by atoms with E-state index in [2.05, 4.69) is 52.5 Å². The fraction of sp³-hybridized carbons (Fsp3) is 0.375. The van der Waals surface area contributed by atoms with E-state index in [-0.39, 0.29) is 5.91 Å². The number of hydrogen-bond donors (Lipinski definition) is 3. The van der Waals surface area contributed by atoms with Crippen LogP contribution in [0.3, 0.4) is 0 Å². The maximum Gasteiger partial charge on any atom is 0.228 e. The molecule has 0 radical (unpaired) electrons. The van der Waals surface area contributed by atoms with Crippen LogP contribution in [0.4, 0.5) is 5.69 Å². The lowest BCUT2D eigenvalue weighted by Gasteiger charge is -2.31. The number of fused-ring (bicyclic) bond motifs is 1. The predicted octanol–water partition coefficient (Wildman–Crippen LogP) is 3.86. The highest BCUT2D eigenvalue weighted by Crippen LogP contribution is 2.22. The number of carbonyl (C=O) groups is 1. The molecule has 0 aliphatic carbocycles. The number of nitrogens with zero attached hydrogens (tertiary/aromatic N) is 1. The van der Waals surface area contributed by atoms with E-state index < -0.39 is 0 Å². The van der Waals surface area contributed by atoms with Gasteiger partial charge in [0.05, 0.1) is 6.42 Å². The zero-order chi connectivity index (χ0) is 20.2. The summed E-state index contributed by atoms with van der Waals surface area (Å²) in [5.74, 6) is 0.443. The molecule has 0 saturated carbocycles. The van der Waals surface area contributed by atoms with E-state index in [4.69, 9.17) is 0 Å². The summed E-state index contributed by atoms with van der Waals surface area (Å²) >= 11 is 0. The molecule has 5 nitrogen and oxygen atoms in total. The Morgan fingerprint density at radius 1 is 1.21 bits per heavy atom. The van der Waals surface area contributed by atoms with Gasteiger partial charge in [0.15, 0.2) is 0 Å². The number of aliphatic hydroxyl groups is 1. The molecule has 5 heteroatoms. The number of anilines is 1. The van der Waals surface area contributed by atoms with Gasteiger partial charge >= 0.3 is 0 Å². The van der Waals surface area contributed by atoms with Crippen molar-refractivity contribution in [3.05, 3.63) is 65.4 Å². The van der Waals surface area contributed by atoms with Crippen molar-refractivity contribution in [2.75, 3.05) is 25.0 Å². The summed E-state index contributed by atoms with van der Waals surface area (Å²) in [7, 11) is 0. The average Bonchev–Trinajstić information content (AvgIpc) is 3.10. The summed E-state index contributed by atoms with van der Waals surface area (Å²) in [6, 6.07) is 14.4. The highest BCUT2D eigenvalue weighted by molar-refractivity contribution is 5.95. The Labute approximate surface area is 171 Å². The number of aliphatic hydroxyl groups excluding tert-OH is 1. The Hall–Kier alpha value is -2.63. The molecule has 1 amide bonds. The highest BCUT2D eigenvalue weighted by Gasteiger charge is 2.18. The summed E-state index contributed by atoms with van der Waals surface area (Å²) in [5, 5.41) is 13.5. The molecule has 152 valence electrons. The van der Waals surface area contributed by atoms with Crippen LogP contribution in [0.1, 0.15) is 29.5 Å². The molecule has 4 rings (SSSR count). The third-order valence-corrected chi connectivity index (χ3v) is 5.86. The van der Waals surface area contributed by atoms with Crippen LogP contribution in [0.5, 0.6) is 0 Å². The van der Waals surface area contributed by atoms with Crippen LogP contribution in [-0.4, -0.2) is 40.6 Å². The first-order valence-electron chi connectivity index (χ1n) is 10.4. The molecular formula is C24H29N3O2. The molecule has 1 aliphatic heterocycles. The van der Waals surface area contributed by atoms with Gasteiger partial charge in [-0.15, -0.1) is 0 Å². The van der Waals surface area contributed by atoms with Crippen LogP contribution in [-0.2, 0) is 17.8 Å². The van der Waals surface area contributed by atoms with Gasteiger partial charge in [-0.3, -0.25) is 9.69 Å². The molecule has 3 N–H and O–H groups in total. The first kappa shape index (κ1) is 19.7. The van der Waals surface area contributed by atoms with Crippen LogP contribution >= 0.6 is 0 Å². The molecule has 0 atom stereocenters. The van der Waals surface area contributed by atoms with E-state index in [1.165, 1.54) is 11.1 Å². The Morgan fingerprint density at radius 3 is 2.83 bits per heavy atom. The van der Waals surface area contributed by atoms with Crippen molar-refractivity contribution in [1.82, 2.24) is 9.88 Å². The number of amides is 1. The molecule has 29 heavy (non-hydrogen) atoms. The largest absolute Gasteiger partial charge is 0.396 e. The lowest BCUT2D eigenvalue weighted by molar-refractivity contribution is -0.115. The van der Waals surface area contributed by atoms with Crippen molar-refractivity contribution in [3.63, 3.8) is 0 Å². The van der Waals surface area contributed by atoms with Crippen molar-refractivity contribution >= 4 is 22.5 Å². The zero-order valence-corrected chi connectivity index (χ0v) is 16.9. The lowest BCUT2D eigenvalue weighted by atomic mass is 9.97. The number of aromatic amines is 1. The van der Waals surface area contributed by atoms with E-state index in [0.29, 0.717) is 18.9 Å². The van der Waals surface area contributed by atoms with Gasteiger partial charge in [0.25, 0.3) is 0 Å². The molecule has 0 bridgehead atoms. The number of carbonyl (C=O) groups excluding carboxylic acids is 1. The number of H-pyrrole nitrogens is 1. The number of nitrogens with one attached hydrogen (secondary N) is 2. The smallest absolute Gasteiger partial charge is 0.228 e. The maximum absolute atomic E-state index is 12.6. The Balaban J connectivity index is 1.37. The van der Waals surface area contributed by atoms with Crippen LogP contribution in [0.25, 0.3) is 10.9 Å². The SMILES string of the molecule is Cc1ccc2[nH]cc(CC(=O)Nc3cccc(CN4CCC(CO)CC4)c3)c2c1. The summed E-state index contributed by atoms with van der Waals surface area (Å²) in [6.45, 7) is 5.27. The molecule has 0 spiro atoms. The van der Waals surface area contributed by atoms with Crippen LogP contribution < -0.4 is 5.32 Å². The number of rotatable bonds is 6. The standard InChI is InChI=1S/C24H29N3O2/c1-17-5-6-23-22(11-17)20(14-25-23)13-24(29)26-21-4-2-3-19(12-21)15-27-9-7-18(16-28)8-10-27/h2-6,11-12,14,18,25,28H,7-10,13,15-16H2,1H3,(H,26,29). The summed E-state index contributed by atoms with van der Waals surface area (Å²) < 4.78 is 0. The first-order valence-corrected chi connectivity index (χ1v) is 10.4.